The number of carbonyl (C=O) groups is 1. The van der Waals surface area contributed by atoms with Gasteiger partial charge in [0.25, 0.3) is 0 Å². The fraction of sp³-hybridized carbons (Fsp3) is 0.452. The summed E-state index contributed by atoms with van der Waals surface area (Å²) in [5.41, 5.74) is 10.8. The molecular weight excluding hydrogens is 595 g/mol. The second-order valence-corrected chi connectivity index (χ2v) is 11.2. The number of benzene rings is 2. The summed E-state index contributed by atoms with van der Waals surface area (Å²) in [6.07, 6.45) is -3.80. The lowest BCUT2D eigenvalue weighted by atomic mass is 9.88. The van der Waals surface area contributed by atoms with Gasteiger partial charge in [0.05, 0.1) is 25.0 Å². The summed E-state index contributed by atoms with van der Waals surface area (Å²) < 4.78 is 58.2. The molecular formula is C31H34F3N5O6. The van der Waals surface area contributed by atoms with Gasteiger partial charge >= 0.3 is 12.3 Å². The molecule has 1 aromatic heterocycles. The maximum absolute atomic E-state index is 12.4. The number of fused-ring (bicyclic) bond motifs is 3. The van der Waals surface area contributed by atoms with Gasteiger partial charge < -0.3 is 34.7 Å². The van der Waals surface area contributed by atoms with Crippen molar-refractivity contribution < 1.29 is 42.0 Å². The van der Waals surface area contributed by atoms with Crippen molar-refractivity contribution in [1.82, 2.24) is 14.9 Å². The fourth-order valence-electron chi connectivity index (χ4n) is 5.93. The Morgan fingerprint density at radius 1 is 1.04 bits per heavy atom. The highest BCUT2D eigenvalue weighted by Crippen LogP contribution is 2.38. The number of carboxylic acids is 1. The van der Waals surface area contributed by atoms with Crippen LogP contribution >= 0.6 is 0 Å². The molecule has 2 fully saturated rings. The second kappa shape index (κ2) is 13.1. The minimum absolute atomic E-state index is 0.184. The van der Waals surface area contributed by atoms with Crippen LogP contribution in [0.25, 0.3) is 11.3 Å². The molecule has 0 radical (unpaired) electrons. The molecule has 0 bridgehead atoms. The average molecular weight is 630 g/mol. The molecule has 0 saturated carbocycles. The lowest BCUT2D eigenvalue weighted by Crippen LogP contribution is -2.48. The van der Waals surface area contributed by atoms with E-state index in [1.807, 2.05) is 18.2 Å². The number of nitrogen functional groups attached to an aromatic ring is 1. The van der Waals surface area contributed by atoms with Crippen LogP contribution in [0.2, 0.25) is 0 Å². The minimum Gasteiger partial charge on any atom is -0.489 e. The highest BCUT2D eigenvalue weighted by molar-refractivity contribution is 5.76. The van der Waals surface area contributed by atoms with Gasteiger partial charge in [-0.2, -0.15) is 4.98 Å². The van der Waals surface area contributed by atoms with Crippen LogP contribution in [0.3, 0.4) is 0 Å². The quantitative estimate of drug-likeness (QED) is 0.340. The van der Waals surface area contributed by atoms with Crippen molar-refractivity contribution in [3.8, 4) is 22.8 Å². The topological polar surface area (TPSA) is 133 Å². The maximum Gasteiger partial charge on any atom is 0.573 e. The Hall–Kier alpha value is -4.14. The van der Waals surface area contributed by atoms with Crippen molar-refractivity contribution >= 4 is 17.7 Å². The van der Waals surface area contributed by atoms with Crippen LogP contribution in [-0.2, 0) is 33.7 Å². The van der Waals surface area contributed by atoms with Gasteiger partial charge in [-0.25, -0.2) is 9.78 Å². The largest absolute Gasteiger partial charge is 0.573 e. The normalized spacial score (nSPS) is 20.0. The number of hydrogen-bond acceptors (Lipinski definition) is 10. The third-order valence-corrected chi connectivity index (χ3v) is 8.21. The predicted molar refractivity (Wildman–Crippen MR) is 157 cm³/mol. The summed E-state index contributed by atoms with van der Waals surface area (Å²) in [6.45, 7) is 4.98. The van der Waals surface area contributed by atoms with Crippen molar-refractivity contribution in [2.24, 2.45) is 0 Å². The van der Waals surface area contributed by atoms with Gasteiger partial charge in [0.2, 0.25) is 5.95 Å². The number of aryl methyl sites for hydroxylation is 1. The number of halogens is 3. The Balaban J connectivity index is 1.05. The van der Waals surface area contributed by atoms with Gasteiger partial charge in [0, 0.05) is 50.3 Å². The number of nitrogens with zero attached hydrogens (tertiary/aromatic N) is 4. The van der Waals surface area contributed by atoms with E-state index in [-0.39, 0.29) is 24.4 Å². The summed E-state index contributed by atoms with van der Waals surface area (Å²) >= 11 is 0. The summed E-state index contributed by atoms with van der Waals surface area (Å²) in [7, 11) is 0. The van der Waals surface area contributed by atoms with Crippen LogP contribution in [0.4, 0.5) is 24.9 Å². The Morgan fingerprint density at radius 3 is 2.51 bits per heavy atom. The first-order chi connectivity index (χ1) is 21.6. The van der Waals surface area contributed by atoms with Crippen LogP contribution in [0.15, 0.2) is 42.5 Å². The molecule has 11 nitrogen and oxygen atoms in total. The van der Waals surface area contributed by atoms with Crippen LogP contribution in [0.5, 0.6) is 11.5 Å². The highest BCUT2D eigenvalue weighted by Gasteiger charge is 2.32. The molecule has 2 aromatic carbocycles. The zero-order valence-electron chi connectivity index (χ0n) is 24.5. The SMILES string of the molecule is Nc1nc2c(c(N3CCN(CCOC4COC(C(=O)O)C4)CC3)n1)CCc1cc(OCc3ccc(OC(F)(F)F)cc3)ccc1-2. The Kier molecular flexibility index (Phi) is 8.97. The molecule has 3 heterocycles. The summed E-state index contributed by atoms with van der Waals surface area (Å²) in [5, 5.41) is 9.07. The van der Waals surface area contributed by atoms with E-state index in [4.69, 9.17) is 25.1 Å². The molecule has 6 rings (SSSR count). The number of ether oxygens (including phenoxy) is 4. The number of piperazine rings is 1. The van der Waals surface area contributed by atoms with Crippen LogP contribution in [0, 0.1) is 0 Å². The number of anilines is 2. The van der Waals surface area contributed by atoms with E-state index in [9.17, 15) is 18.0 Å². The molecule has 2 saturated heterocycles. The number of rotatable bonds is 10. The van der Waals surface area contributed by atoms with Crippen LogP contribution < -0.4 is 20.1 Å². The first kappa shape index (κ1) is 30.9. The first-order valence-electron chi connectivity index (χ1n) is 14.8. The van der Waals surface area contributed by atoms with E-state index in [0.29, 0.717) is 30.9 Å². The van der Waals surface area contributed by atoms with Crippen molar-refractivity contribution in [1.29, 1.82) is 0 Å². The average Bonchev–Trinajstić information content (AvgIpc) is 3.49. The van der Waals surface area contributed by atoms with Crippen LogP contribution in [0.1, 0.15) is 23.1 Å². The molecule has 0 spiro atoms. The van der Waals surface area contributed by atoms with E-state index in [1.165, 1.54) is 24.3 Å². The van der Waals surface area contributed by atoms with E-state index < -0.39 is 18.4 Å². The molecule has 2 aliphatic heterocycles. The van der Waals surface area contributed by atoms with Gasteiger partial charge in [0.15, 0.2) is 6.10 Å². The number of carboxylic acid groups (broad SMARTS) is 1. The van der Waals surface area contributed by atoms with Gasteiger partial charge in [-0.3, -0.25) is 4.90 Å². The third kappa shape index (κ3) is 7.57. The smallest absolute Gasteiger partial charge is 0.489 e. The van der Waals surface area contributed by atoms with Gasteiger partial charge in [0.1, 0.15) is 23.9 Å². The number of aliphatic carboxylic acids is 1. The van der Waals surface area contributed by atoms with Crippen molar-refractivity contribution in [3.63, 3.8) is 0 Å². The number of nitrogens with two attached hydrogens (primary N) is 1. The molecule has 240 valence electrons. The van der Waals surface area contributed by atoms with E-state index in [2.05, 4.69) is 24.5 Å². The standard InChI is InChI=1S/C31H34F3N5O6/c32-31(33,34)45-21-4-1-19(2-5-21)17-43-22-6-8-24-20(15-22)3-7-25-27(24)36-30(35)37-28(25)39-11-9-38(10-12-39)13-14-42-23-16-26(29(40)41)44-18-23/h1-2,4-6,8,15,23,26H,3,7,9-14,16-18H2,(H,40,41)(H2,35,36,37). The molecule has 3 aromatic rings. The molecule has 0 amide bonds. The zero-order valence-corrected chi connectivity index (χ0v) is 24.5. The molecule has 2 atom stereocenters. The maximum atomic E-state index is 12.4. The summed E-state index contributed by atoms with van der Waals surface area (Å²) in [5.74, 6) is 0.498. The Bertz CT molecular complexity index is 1510. The lowest BCUT2D eigenvalue weighted by molar-refractivity contribution is -0.274. The number of aromatic nitrogens is 2. The van der Waals surface area contributed by atoms with Gasteiger partial charge in [-0.1, -0.05) is 12.1 Å². The van der Waals surface area contributed by atoms with Crippen molar-refractivity contribution in [2.45, 2.75) is 44.4 Å². The molecule has 14 heteroatoms. The van der Waals surface area contributed by atoms with E-state index >= 15 is 0 Å². The highest BCUT2D eigenvalue weighted by atomic mass is 19.4. The molecule has 3 aliphatic rings. The summed E-state index contributed by atoms with van der Waals surface area (Å²) in [6, 6.07) is 11.4. The van der Waals surface area contributed by atoms with E-state index in [1.54, 1.807) is 0 Å². The molecule has 1 aliphatic carbocycles. The number of hydrogen-bond donors (Lipinski definition) is 2. The minimum atomic E-state index is -4.73. The van der Waals surface area contributed by atoms with Gasteiger partial charge in [-0.05, 0) is 54.3 Å². The van der Waals surface area contributed by atoms with Gasteiger partial charge in [-0.15, -0.1) is 13.2 Å². The number of alkyl halides is 3. The third-order valence-electron chi connectivity index (χ3n) is 8.21. The summed E-state index contributed by atoms with van der Waals surface area (Å²) in [4.78, 5) is 24.9. The van der Waals surface area contributed by atoms with Crippen molar-refractivity contribution in [3.05, 3.63) is 59.2 Å². The Labute approximate surface area is 257 Å². The molecule has 45 heavy (non-hydrogen) atoms. The monoisotopic (exact) mass is 629 g/mol. The predicted octanol–water partition coefficient (Wildman–Crippen LogP) is 3.68. The zero-order chi connectivity index (χ0) is 31.6. The lowest BCUT2D eigenvalue weighted by Gasteiger charge is -2.37. The first-order valence-corrected chi connectivity index (χ1v) is 14.8. The Morgan fingerprint density at radius 2 is 1.80 bits per heavy atom. The molecule has 2 unspecified atom stereocenters. The molecule has 3 N–H and O–H groups in total. The van der Waals surface area contributed by atoms with Crippen molar-refractivity contribution in [2.75, 3.05) is 56.6 Å². The fourth-order valence-corrected chi connectivity index (χ4v) is 5.93. The van der Waals surface area contributed by atoms with E-state index in [0.717, 1.165) is 73.8 Å². The second-order valence-electron chi connectivity index (χ2n) is 11.2. The van der Waals surface area contributed by atoms with Crippen LogP contribution in [-0.4, -0.2) is 90.5 Å².